The third-order valence-electron chi connectivity index (χ3n) is 5.30. The van der Waals surface area contributed by atoms with Crippen molar-refractivity contribution in [1.29, 1.82) is 0 Å². The standard InChI is InChI=1S/C21H29N5OS/c1-13(2)20-25-18-19(26-10-9-22-15(12-26)11-14(3)27-4)23-16-7-5-6-8-17(16)24-21(18)28-20/h5-8,13-15,22,24H,9-12H2,1-4H3/t14-,15+/m1/s1. The van der Waals surface area contributed by atoms with Crippen LogP contribution in [0.5, 0.6) is 0 Å². The van der Waals surface area contributed by atoms with Crippen molar-refractivity contribution in [2.24, 2.45) is 4.99 Å². The molecule has 28 heavy (non-hydrogen) atoms. The molecule has 2 aromatic rings. The molecule has 0 saturated carbocycles. The Morgan fingerprint density at radius 1 is 1.29 bits per heavy atom. The lowest BCUT2D eigenvalue weighted by atomic mass is 10.1. The molecule has 4 rings (SSSR count). The Balaban J connectivity index is 1.70. The quantitative estimate of drug-likeness (QED) is 0.810. The minimum atomic E-state index is 0.235. The van der Waals surface area contributed by atoms with Crippen LogP contribution in [0.25, 0.3) is 0 Å². The van der Waals surface area contributed by atoms with E-state index in [-0.39, 0.29) is 6.10 Å². The topological polar surface area (TPSA) is 61.8 Å². The van der Waals surface area contributed by atoms with Crippen molar-refractivity contribution in [2.45, 2.75) is 45.3 Å². The molecule has 1 fully saturated rings. The number of ether oxygens (including phenoxy) is 1. The van der Waals surface area contributed by atoms with Crippen molar-refractivity contribution in [3.8, 4) is 0 Å². The van der Waals surface area contributed by atoms with Gasteiger partial charge in [-0.2, -0.15) is 0 Å². The van der Waals surface area contributed by atoms with Crippen LogP contribution in [0, 0.1) is 0 Å². The van der Waals surface area contributed by atoms with Crippen LogP contribution < -0.4 is 10.6 Å². The monoisotopic (exact) mass is 399 g/mol. The minimum Gasteiger partial charge on any atom is -0.382 e. The van der Waals surface area contributed by atoms with E-state index in [0.29, 0.717) is 12.0 Å². The Morgan fingerprint density at radius 2 is 2.11 bits per heavy atom. The first-order valence-electron chi connectivity index (χ1n) is 10.0. The summed E-state index contributed by atoms with van der Waals surface area (Å²) in [5, 5.41) is 9.44. The van der Waals surface area contributed by atoms with Crippen molar-refractivity contribution in [3.05, 3.63) is 35.0 Å². The number of methoxy groups -OCH3 is 1. The largest absolute Gasteiger partial charge is 0.382 e. The maximum atomic E-state index is 5.48. The third kappa shape index (κ3) is 3.92. The van der Waals surface area contributed by atoms with Gasteiger partial charge >= 0.3 is 0 Å². The van der Waals surface area contributed by atoms with Crippen molar-refractivity contribution >= 4 is 33.5 Å². The van der Waals surface area contributed by atoms with E-state index in [1.807, 2.05) is 12.1 Å². The van der Waals surface area contributed by atoms with Gasteiger partial charge in [0.1, 0.15) is 10.7 Å². The molecule has 7 heteroatoms. The summed E-state index contributed by atoms with van der Waals surface area (Å²) >= 11 is 1.74. The van der Waals surface area contributed by atoms with Gasteiger partial charge in [0.15, 0.2) is 5.84 Å². The predicted molar refractivity (Wildman–Crippen MR) is 117 cm³/mol. The highest BCUT2D eigenvalue weighted by Gasteiger charge is 2.29. The number of benzene rings is 1. The number of nitrogens with one attached hydrogen (secondary N) is 2. The van der Waals surface area contributed by atoms with E-state index in [4.69, 9.17) is 14.7 Å². The highest BCUT2D eigenvalue weighted by Crippen LogP contribution is 2.39. The Labute approximate surface area is 171 Å². The van der Waals surface area contributed by atoms with E-state index in [1.165, 1.54) is 0 Å². The maximum absolute atomic E-state index is 5.48. The number of thiazole rings is 1. The molecule has 2 aliphatic heterocycles. The molecular formula is C21H29N5OS. The number of amidine groups is 1. The van der Waals surface area contributed by atoms with Crippen molar-refractivity contribution in [2.75, 3.05) is 32.1 Å². The van der Waals surface area contributed by atoms with Gasteiger partial charge in [-0.05, 0) is 25.5 Å². The second-order valence-corrected chi connectivity index (χ2v) is 8.87. The van der Waals surface area contributed by atoms with Gasteiger partial charge in [-0.1, -0.05) is 26.0 Å². The average molecular weight is 400 g/mol. The first-order valence-corrected chi connectivity index (χ1v) is 10.8. The number of piperazine rings is 1. The lowest BCUT2D eigenvalue weighted by Crippen LogP contribution is -2.53. The second kappa shape index (κ2) is 8.19. The lowest BCUT2D eigenvalue weighted by Gasteiger charge is -2.36. The van der Waals surface area contributed by atoms with E-state index in [0.717, 1.165) is 59.0 Å². The number of fused-ring (bicyclic) bond motifs is 2. The zero-order valence-corrected chi connectivity index (χ0v) is 17.8. The third-order valence-corrected chi connectivity index (χ3v) is 6.57. The summed E-state index contributed by atoms with van der Waals surface area (Å²) in [7, 11) is 1.78. The molecule has 0 spiro atoms. The Morgan fingerprint density at radius 3 is 2.89 bits per heavy atom. The van der Waals surface area contributed by atoms with E-state index in [1.54, 1.807) is 18.4 Å². The molecule has 0 amide bonds. The summed E-state index contributed by atoms with van der Waals surface area (Å²) in [5.41, 5.74) is 2.98. The number of hydrogen-bond acceptors (Lipinski definition) is 7. The van der Waals surface area contributed by atoms with Gasteiger partial charge in [0.05, 0.1) is 22.5 Å². The molecule has 1 saturated heterocycles. The van der Waals surface area contributed by atoms with Gasteiger partial charge in [-0.3, -0.25) is 0 Å². The highest BCUT2D eigenvalue weighted by atomic mass is 32.1. The van der Waals surface area contributed by atoms with Gasteiger partial charge in [-0.15, -0.1) is 11.3 Å². The predicted octanol–water partition coefficient (Wildman–Crippen LogP) is 4.10. The lowest BCUT2D eigenvalue weighted by molar-refractivity contribution is 0.0929. The van der Waals surface area contributed by atoms with Crippen LogP contribution >= 0.6 is 11.3 Å². The van der Waals surface area contributed by atoms with Crippen LogP contribution in [-0.2, 0) is 4.74 Å². The number of anilines is 2. The number of aromatic nitrogens is 1. The SMILES string of the molecule is CO[C@H](C)C[C@H]1CN(C2=Nc3ccccc3Nc3sc(C(C)C)nc32)CCN1. The van der Waals surface area contributed by atoms with Gasteiger partial charge < -0.3 is 20.3 Å². The molecule has 1 aromatic carbocycles. The molecule has 2 aliphatic rings. The zero-order valence-electron chi connectivity index (χ0n) is 17.0. The van der Waals surface area contributed by atoms with Gasteiger partial charge in [0, 0.05) is 38.7 Å². The minimum absolute atomic E-state index is 0.235. The van der Waals surface area contributed by atoms with Gasteiger partial charge in [0.25, 0.3) is 0 Å². The Kier molecular flexibility index (Phi) is 5.66. The Hall–Kier alpha value is -1.96. The van der Waals surface area contributed by atoms with Crippen molar-refractivity contribution < 1.29 is 4.74 Å². The number of aliphatic imine (C=N–C) groups is 1. The van der Waals surface area contributed by atoms with Crippen LogP contribution in [0.4, 0.5) is 16.4 Å². The Bertz CT molecular complexity index is 862. The number of hydrogen-bond donors (Lipinski definition) is 2. The van der Waals surface area contributed by atoms with E-state index in [2.05, 4.69) is 48.4 Å². The normalized spacial score (nSPS) is 20.1. The summed E-state index contributed by atoms with van der Waals surface area (Å²) in [6, 6.07) is 8.61. The van der Waals surface area contributed by atoms with Crippen LogP contribution in [0.2, 0.25) is 0 Å². The van der Waals surface area contributed by atoms with Gasteiger partial charge in [0.2, 0.25) is 0 Å². The molecule has 1 aromatic heterocycles. The molecular weight excluding hydrogens is 370 g/mol. The summed E-state index contributed by atoms with van der Waals surface area (Å²) in [6.45, 7) is 9.27. The molecule has 0 unspecified atom stereocenters. The fraction of sp³-hybridized carbons (Fsp3) is 0.524. The molecule has 2 N–H and O–H groups in total. The molecule has 6 nitrogen and oxygen atoms in total. The molecule has 0 radical (unpaired) electrons. The first kappa shape index (κ1) is 19.4. The maximum Gasteiger partial charge on any atom is 0.158 e. The van der Waals surface area contributed by atoms with Crippen LogP contribution in [0.3, 0.4) is 0 Å². The smallest absolute Gasteiger partial charge is 0.158 e. The van der Waals surface area contributed by atoms with E-state index < -0.39 is 0 Å². The number of nitrogens with zero attached hydrogens (tertiary/aromatic N) is 3. The van der Waals surface area contributed by atoms with Crippen LogP contribution in [0.1, 0.15) is 43.8 Å². The molecule has 0 bridgehead atoms. The molecule has 3 heterocycles. The summed E-state index contributed by atoms with van der Waals surface area (Å²) < 4.78 is 5.48. The highest BCUT2D eigenvalue weighted by molar-refractivity contribution is 7.16. The molecule has 2 atom stereocenters. The summed E-state index contributed by atoms with van der Waals surface area (Å²) in [6.07, 6.45) is 1.22. The first-order chi connectivity index (χ1) is 13.5. The number of para-hydroxylation sites is 2. The van der Waals surface area contributed by atoms with Crippen molar-refractivity contribution in [1.82, 2.24) is 15.2 Å². The number of rotatable bonds is 4. The fourth-order valence-electron chi connectivity index (χ4n) is 3.68. The summed E-state index contributed by atoms with van der Waals surface area (Å²) in [4.78, 5) is 12.5. The fourth-order valence-corrected chi connectivity index (χ4v) is 4.66. The van der Waals surface area contributed by atoms with Crippen LogP contribution in [-0.4, -0.2) is 54.6 Å². The van der Waals surface area contributed by atoms with Crippen LogP contribution in [0.15, 0.2) is 29.3 Å². The summed E-state index contributed by atoms with van der Waals surface area (Å²) in [5.74, 6) is 1.38. The second-order valence-electron chi connectivity index (χ2n) is 7.84. The van der Waals surface area contributed by atoms with Gasteiger partial charge in [-0.25, -0.2) is 9.98 Å². The average Bonchev–Trinajstić information content (AvgIpc) is 3.04. The molecule has 0 aliphatic carbocycles. The van der Waals surface area contributed by atoms with Crippen molar-refractivity contribution in [3.63, 3.8) is 0 Å². The molecule has 150 valence electrons. The zero-order chi connectivity index (χ0) is 19.7. The van der Waals surface area contributed by atoms with E-state index in [9.17, 15) is 0 Å². The van der Waals surface area contributed by atoms with E-state index >= 15 is 0 Å².